The van der Waals surface area contributed by atoms with Gasteiger partial charge in [0.2, 0.25) is 15.9 Å². The molecule has 1 saturated carbocycles. The third-order valence-electron chi connectivity index (χ3n) is 5.52. The highest BCUT2D eigenvalue weighted by Gasteiger charge is 2.47. The van der Waals surface area contributed by atoms with Crippen LogP contribution in [0.15, 0.2) is 42.5 Å². The van der Waals surface area contributed by atoms with Gasteiger partial charge >= 0.3 is 0 Å². The summed E-state index contributed by atoms with van der Waals surface area (Å²) in [6.45, 7) is 0.887. The zero-order valence-corrected chi connectivity index (χ0v) is 16.8. The topological polar surface area (TPSA) is 66.5 Å². The van der Waals surface area contributed by atoms with Crippen LogP contribution in [0.5, 0.6) is 0 Å². The molecule has 5 nitrogen and oxygen atoms in total. The van der Waals surface area contributed by atoms with E-state index in [4.69, 9.17) is 0 Å². The van der Waals surface area contributed by atoms with Crippen LogP contribution in [0.3, 0.4) is 0 Å². The summed E-state index contributed by atoms with van der Waals surface area (Å²) >= 11 is 0. The van der Waals surface area contributed by atoms with Crippen molar-refractivity contribution in [3.8, 4) is 11.1 Å². The Hall–Kier alpha value is -2.32. The van der Waals surface area contributed by atoms with Gasteiger partial charge in [-0.05, 0) is 47.6 Å². The molecule has 0 spiro atoms. The van der Waals surface area contributed by atoms with Crippen LogP contribution in [0.4, 0.5) is 8.78 Å². The minimum absolute atomic E-state index is 0.00743. The molecule has 8 heteroatoms. The minimum Gasteiger partial charge on any atom is -0.341 e. The molecule has 1 N–H and O–H groups in total. The molecule has 0 aromatic heterocycles. The van der Waals surface area contributed by atoms with Crippen molar-refractivity contribution in [3.63, 3.8) is 0 Å². The molecule has 1 saturated heterocycles. The Labute approximate surface area is 168 Å². The molecule has 1 amide bonds. The summed E-state index contributed by atoms with van der Waals surface area (Å²) in [5.74, 6) is -1.47. The number of hydrogen-bond donors (Lipinski definition) is 1. The summed E-state index contributed by atoms with van der Waals surface area (Å²) in [5, 5.41) is 0. The summed E-state index contributed by atoms with van der Waals surface area (Å²) in [7, 11) is -3.31. The summed E-state index contributed by atoms with van der Waals surface area (Å²) < 4.78 is 52.7. The molecule has 4 rings (SSSR count). The highest BCUT2D eigenvalue weighted by atomic mass is 32.2. The van der Waals surface area contributed by atoms with E-state index in [1.807, 2.05) is 24.3 Å². The molecule has 3 unspecified atom stereocenters. The fourth-order valence-electron chi connectivity index (χ4n) is 4.20. The predicted molar refractivity (Wildman–Crippen MR) is 106 cm³/mol. The lowest BCUT2D eigenvalue weighted by atomic mass is 9.95. The van der Waals surface area contributed by atoms with E-state index in [0.717, 1.165) is 23.4 Å². The SMILES string of the molecule is CS(=O)(=O)NC1CCN(C(=O)C2CC2c2ccccc2-c2cc(F)cc(F)c2)C1. The van der Waals surface area contributed by atoms with Gasteiger partial charge in [-0.3, -0.25) is 4.79 Å². The Morgan fingerprint density at radius 3 is 2.52 bits per heavy atom. The number of sulfonamides is 1. The van der Waals surface area contributed by atoms with Crippen LogP contribution < -0.4 is 4.72 Å². The maximum atomic E-state index is 13.7. The van der Waals surface area contributed by atoms with Gasteiger partial charge in [0.15, 0.2) is 0 Å². The van der Waals surface area contributed by atoms with Crippen molar-refractivity contribution in [2.24, 2.45) is 5.92 Å². The number of carbonyl (C=O) groups is 1. The first kappa shape index (κ1) is 20.0. The lowest BCUT2D eigenvalue weighted by molar-refractivity contribution is -0.131. The molecule has 0 radical (unpaired) electrons. The third kappa shape index (κ3) is 4.48. The molecule has 2 fully saturated rings. The first-order valence-electron chi connectivity index (χ1n) is 9.53. The first-order chi connectivity index (χ1) is 13.7. The maximum absolute atomic E-state index is 13.7. The van der Waals surface area contributed by atoms with Crippen molar-refractivity contribution in [2.45, 2.75) is 24.8 Å². The van der Waals surface area contributed by atoms with E-state index in [0.29, 0.717) is 31.5 Å². The summed E-state index contributed by atoms with van der Waals surface area (Å²) in [6, 6.07) is 10.5. The molecule has 3 atom stereocenters. The molecule has 154 valence electrons. The van der Waals surface area contributed by atoms with Gasteiger partial charge in [0.05, 0.1) is 6.26 Å². The number of likely N-dealkylation sites (tertiary alicyclic amines) is 1. The Bertz CT molecular complexity index is 1040. The number of hydrogen-bond acceptors (Lipinski definition) is 3. The predicted octanol–water partition coefficient (Wildman–Crippen LogP) is 2.89. The largest absolute Gasteiger partial charge is 0.341 e. The number of nitrogens with one attached hydrogen (secondary N) is 1. The lowest BCUT2D eigenvalue weighted by Gasteiger charge is -2.17. The monoisotopic (exact) mass is 420 g/mol. The number of nitrogens with zero attached hydrogens (tertiary/aromatic N) is 1. The smallest absolute Gasteiger partial charge is 0.226 e. The number of carbonyl (C=O) groups excluding carboxylic acids is 1. The van der Waals surface area contributed by atoms with E-state index in [9.17, 15) is 22.0 Å². The van der Waals surface area contributed by atoms with Gasteiger partial charge in [0.25, 0.3) is 0 Å². The van der Waals surface area contributed by atoms with Gasteiger partial charge in [0, 0.05) is 31.1 Å². The van der Waals surface area contributed by atoms with Crippen molar-refractivity contribution >= 4 is 15.9 Å². The normalized spacial score (nSPS) is 24.0. The second kappa shape index (κ2) is 7.50. The zero-order valence-electron chi connectivity index (χ0n) is 15.9. The average Bonchev–Trinajstić information content (AvgIpc) is 3.31. The Kier molecular flexibility index (Phi) is 5.16. The van der Waals surface area contributed by atoms with E-state index in [1.165, 1.54) is 12.1 Å². The van der Waals surface area contributed by atoms with Crippen molar-refractivity contribution in [1.29, 1.82) is 0 Å². The van der Waals surface area contributed by atoms with Crippen LogP contribution in [-0.4, -0.2) is 44.6 Å². The van der Waals surface area contributed by atoms with Crippen LogP contribution in [0.1, 0.15) is 24.3 Å². The Morgan fingerprint density at radius 2 is 1.83 bits per heavy atom. The van der Waals surface area contributed by atoms with Crippen LogP contribution in [0, 0.1) is 17.6 Å². The third-order valence-corrected chi connectivity index (χ3v) is 6.28. The van der Waals surface area contributed by atoms with E-state index in [2.05, 4.69) is 4.72 Å². The highest BCUT2D eigenvalue weighted by Crippen LogP contribution is 2.51. The summed E-state index contributed by atoms with van der Waals surface area (Å²) in [5.41, 5.74) is 2.08. The standard InChI is InChI=1S/C21H22F2N2O3S/c1-29(27,28)24-16-6-7-25(12-16)21(26)20-11-19(20)18-5-3-2-4-17(18)13-8-14(22)10-15(23)9-13/h2-5,8-10,16,19-20,24H,6-7,11-12H2,1H3. The number of halogens is 2. The Morgan fingerprint density at radius 1 is 1.14 bits per heavy atom. The number of benzene rings is 2. The molecule has 29 heavy (non-hydrogen) atoms. The Balaban J connectivity index is 1.49. The highest BCUT2D eigenvalue weighted by molar-refractivity contribution is 7.88. The molecule has 2 aromatic carbocycles. The van der Waals surface area contributed by atoms with Crippen LogP contribution in [0.2, 0.25) is 0 Å². The van der Waals surface area contributed by atoms with E-state index < -0.39 is 21.7 Å². The second-order valence-electron chi connectivity index (χ2n) is 7.85. The number of rotatable bonds is 5. The maximum Gasteiger partial charge on any atom is 0.226 e. The minimum atomic E-state index is -3.31. The second-order valence-corrected chi connectivity index (χ2v) is 9.63. The molecule has 0 bridgehead atoms. The fraction of sp³-hybridized carbons (Fsp3) is 0.381. The molecule has 1 aliphatic carbocycles. The van der Waals surface area contributed by atoms with Crippen LogP contribution in [0.25, 0.3) is 11.1 Å². The van der Waals surface area contributed by atoms with Crippen LogP contribution >= 0.6 is 0 Å². The van der Waals surface area contributed by atoms with Gasteiger partial charge in [0.1, 0.15) is 11.6 Å². The van der Waals surface area contributed by atoms with Crippen molar-refractivity contribution in [2.75, 3.05) is 19.3 Å². The average molecular weight is 420 g/mol. The molecular formula is C21H22F2N2O3S. The quantitative estimate of drug-likeness (QED) is 0.809. The van der Waals surface area contributed by atoms with Crippen molar-refractivity contribution in [1.82, 2.24) is 9.62 Å². The van der Waals surface area contributed by atoms with Crippen molar-refractivity contribution < 1.29 is 22.0 Å². The van der Waals surface area contributed by atoms with Gasteiger partial charge in [-0.2, -0.15) is 0 Å². The van der Waals surface area contributed by atoms with Crippen molar-refractivity contribution in [3.05, 3.63) is 59.7 Å². The van der Waals surface area contributed by atoms with E-state index >= 15 is 0 Å². The van der Waals surface area contributed by atoms with E-state index in [-0.39, 0.29) is 23.8 Å². The van der Waals surface area contributed by atoms with Gasteiger partial charge < -0.3 is 4.90 Å². The summed E-state index contributed by atoms with van der Waals surface area (Å²) in [4.78, 5) is 14.6. The molecule has 2 aromatic rings. The zero-order chi connectivity index (χ0) is 20.8. The first-order valence-corrected chi connectivity index (χ1v) is 11.4. The van der Waals surface area contributed by atoms with Gasteiger partial charge in [-0.25, -0.2) is 21.9 Å². The van der Waals surface area contributed by atoms with Crippen LogP contribution in [-0.2, 0) is 14.8 Å². The molecule has 2 aliphatic rings. The molecule has 1 heterocycles. The molecule has 1 aliphatic heterocycles. The fourth-order valence-corrected chi connectivity index (χ4v) is 5.00. The van der Waals surface area contributed by atoms with Gasteiger partial charge in [-0.15, -0.1) is 0 Å². The molecular weight excluding hydrogens is 398 g/mol. The van der Waals surface area contributed by atoms with E-state index in [1.54, 1.807) is 4.90 Å². The van der Waals surface area contributed by atoms with Gasteiger partial charge in [-0.1, -0.05) is 24.3 Å². The summed E-state index contributed by atoms with van der Waals surface area (Å²) in [6.07, 6.45) is 2.38. The lowest BCUT2D eigenvalue weighted by Crippen LogP contribution is -2.38. The number of amides is 1.